The molecule has 0 radical (unpaired) electrons. The third kappa shape index (κ3) is 9.13. The van der Waals surface area contributed by atoms with Crippen molar-refractivity contribution in [3.63, 3.8) is 0 Å². The topological polar surface area (TPSA) is 117 Å². The van der Waals surface area contributed by atoms with Crippen molar-refractivity contribution in [2.75, 3.05) is 37.6 Å². The zero-order valence-electron chi connectivity index (χ0n) is 27.1. The summed E-state index contributed by atoms with van der Waals surface area (Å²) in [6.07, 6.45) is -0.291. The van der Waals surface area contributed by atoms with Gasteiger partial charge >= 0.3 is 0 Å². The van der Waals surface area contributed by atoms with Gasteiger partial charge in [-0.25, -0.2) is 0 Å². The molecule has 4 aromatic carbocycles. The van der Waals surface area contributed by atoms with Gasteiger partial charge in [-0.1, -0.05) is 95.5 Å². The number of benzene rings is 4. The first-order chi connectivity index (χ1) is 24.1. The third-order valence-corrected chi connectivity index (χ3v) is 9.52. The standard InChI is InChI=1S/C37H37Cl3N4O6/c38-37(39,40)36(46)41-22-26-3-1-4-28(19-26)29-5-2-6-30(20-29)35-49-33(21-34(50-35)27-9-7-25(24-45)8-10-27)23-42-15-17-43(18-16-42)31-11-13-32(14-12-31)44(47)48/h1-14,19-20,33-35,45H,15-18,21-24H2,(H,41,46). The van der Waals surface area contributed by atoms with Crippen LogP contribution in [0.25, 0.3) is 11.1 Å². The number of carbonyl (C=O) groups is 1. The molecule has 4 aromatic rings. The molecule has 3 unspecified atom stereocenters. The zero-order chi connectivity index (χ0) is 35.3. The van der Waals surface area contributed by atoms with Crippen molar-refractivity contribution in [2.45, 2.75) is 41.9 Å². The molecule has 50 heavy (non-hydrogen) atoms. The van der Waals surface area contributed by atoms with E-state index in [1.165, 1.54) is 0 Å². The summed E-state index contributed by atoms with van der Waals surface area (Å²) in [5.41, 5.74) is 6.54. The normalized spacial score (nSPS) is 20.0. The highest BCUT2D eigenvalue weighted by molar-refractivity contribution is 6.76. The summed E-state index contributed by atoms with van der Waals surface area (Å²) in [6, 6.07) is 30.4. The van der Waals surface area contributed by atoms with E-state index >= 15 is 0 Å². The summed E-state index contributed by atoms with van der Waals surface area (Å²) in [4.78, 5) is 27.4. The molecular formula is C37H37Cl3N4O6. The van der Waals surface area contributed by atoms with E-state index in [0.29, 0.717) is 6.42 Å². The van der Waals surface area contributed by atoms with Gasteiger partial charge in [0.25, 0.3) is 15.4 Å². The molecule has 0 aliphatic carbocycles. The maximum absolute atomic E-state index is 12.1. The van der Waals surface area contributed by atoms with Crippen LogP contribution < -0.4 is 10.2 Å². The SMILES string of the molecule is O=C(NCc1cccc(-c2cccc(C3OC(CN4CCN(c5ccc([N+](=O)[O-])cc5)CC4)CC(c4ccc(CO)cc4)O3)c2)c1)C(Cl)(Cl)Cl. The average Bonchev–Trinajstić information content (AvgIpc) is 3.14. The molecule has 10 nitrogen and oxygen atoms in total. The number of rotatable bonds is 10. The van der Waals surface area contributed by atoms with E-state index in [1.807, 2.05) is 66.7 Å². The van der Waals surface area contributed by atoms with Crippen molar-refractivity contribution < 1.29 is 24.3 Å². The second-order valence-corrected chi connectivity index (χ2v) is 14.7. The molecule has 2 N–H and O–H groups in total. The number of alkyl halides is 3. The van der Waals surface area contributed by atoms with Crippen LogP contribution in [0.3, 0.4) is 0 Å². The molecule has 6 rings (SSSR count). The van der Waals surface area contributed by atoms with Gasteiger partial charge < -0.3 is 24.8 Å². The first-order valence-corrected chi connectivity index (χ1v) is 17.5. The summed E-state index contributed by atoms with van der Waals surface area (Å²) in [7, 11) is 0. The number of nitro benzene ring substituents is 1. The molecule has 13 heteroatoms. The quantitative estimate of drug-likeness (QED) is 0.101. The maximum Gasteiger partial charge on any atom is 0.272 e. The molecule has 2 aliphatic heterocycles. The second-order valence-electron chi connectivity index (χ2n) is 12.4. The number of aliphatic hydroxyl groups excluding tert-OH is 1. The van der Waals surface area contributed by atoms with Gasteiger partial charge in [-0.3, -0.25) is 19.8 Å². The van der Waals surface area contributed by atoms with Crippen LogP contribution in [0.1, 0.15) is 41.1 Å². The van der Waals surface area contributed by atoms with Crippen LogP contribution in [0, 0.1) is 10.1 Å². The van der Waals surface area contributed by atoms with Gasteiger partial charge in [0.15, 0.2) is 6.29 Å². The zero-order valence-corrected chi connectivity index (χ0v) is 29.4. The third-order valence-electron chi connectivity index (χ3n) is 9.00. The molecule has 0 bridgehead atoms. The van der Waals surface area contributed by atoms with E-state index in [0.717, 1.165) is 71.8 Å². The Bertz CT molecular complexity index is 1780. The fraction of sp³-hybridized carbons (Fsp3) is 0.324. The predicted molar refractivity (Wildman–Crippen MR) is 194 cm³/mol. The molecule has 2 heterocycles. The fourth-order valence-electron chi connectivity index (χ4n) is 6.30. The average molecular weight is 740 g/mol. The van der Waals surface area contributed by atoms with E-state index in [-0.39, 0.29) is 36.0 Å². The number of hydrogen-bond donors (Lipinski definition) is 2. The number of nitro groups is 1. The molecule has 3 atom stereocenters. The highest BCUT2D eigenvalue weighted by atomic mass is 35.6. The van der Waals surface area contributed by atoms with Crippen LogP contribution in [0.15, 0.2) is 97.1 Å². The summed E-state index contributed by atoms with van der Waals surface area (Å²) in [6.45, 7) is 4.14. The van der Waals surface area contributed by atoms with E-state index in [4.69, 9.17) is 44.3 Å². The smallest absolute Gasteiger partial charge is 0.272 e. The number of piperazine rings is 1. The number of carbonyl (C=O) groups excluding carboxylic acids is 1. The van der Waals surface area contributed by atoms with Crippen molar-refractivity contribution in [1.82, 2.24) is 10.2 Å². The van der Waals surface area contributed by atoms with Crippen molar-refractivity contribution in [3.05, 3.63) is 129 Å². The van der Waals surface area contributed by atoms with E-state index in [2.05, 4.69) is 21.2 Å². The lowest BCUT2D eigenvalue weighted by molar-refractivity contribution is -0.384. The summed E-state index contributed by atoms with van der Waals surface area (Å²) < 4.78 is 11.2. The van der Waals surface area contributed by atoms with Gasteiger partial charge in [0, 0.05) is 69.1 Å². The Morgan fingerprint density at radius 1 is 0.860 bits per heavy atom. The minimum Gasteiger partial charge on any atom is -0.392 e. The molecule has 2 aliphatic rings. The molecule has 0 aromatic heterocycles. The molecule has 1 amide bonds. The highest BCUT2D eigenvalue weighted by Crippen LogP contribution is 2.39. The van der Waals surface area contributed by atoms with Gasteiger partial charge in [-0.2, -0.15) is 0 Å². The van der Waals surface area contributed by atoms with Gasteiger partial charge in [-0.05, 0) is 52.1 Å². The van der Waals surface area contributed by atoms with Crippen LogP contribution in [0.5, 0.6) is 0 Å². The van der Waals surface area contributed by atoms with Crippen molar-refractivity contribution >= 4 is 52.1 Å². The summed E-state index contributed by atoms with van der Waals surface area (Å²) in [5.74, 6) is -0.692. The Balaban J connectivity index is 1.16. The Morgan fingerprint density at radius 3 is 2.20 bits per heavy atom. The van der Waals surface area contributed by atoms with E-state index < -0.39 is 16.0 Å². The number of aliphatic hydroxyl groups is 1. The lowest BCUT2D eigenvalue weighted by atomic mass is 9.98. The number of hydrogen-bond acceptors (Lipinski definition) is 8. The lowest BCUT2D eigenvalue weighted by Crippen LogP contribution is -2.49. The van der Waals surface area contributed by atoms with Crippen LogP contribution in [-0.2, 0) is 27.4 Å². The molecule has 0 spiro atoms. The highest BCUT2D eigenvalue weighted by Gasteiger charge is 2.34. The number of ether oxygens (including phenoxy) is 2. The number of nitrogens with zero attached hydrogens (tertiary/aromatic N) is 3. The first-order valence-electron chi connectivity index (χ1n) is 16.3. The molecule has 2 saturated heterocycles. The molecule has 262 valence electrons. The van der Waals surface area contributed by atoms with Crippen molar-refractivity contribution in [2.24, 2.45) is 0 Å². The van der Waals surface area contributed by atoms with Crippen LogP contribution in [0.4, 0.5) is 11.4 Å². The van der Waals surface area contributed by atoms with Gasteiger partial charge in [-0.15, -0.1) is 0 Å². The number of non-ortho nitro benzene ring substituents is 1. The number of halogens is 3. The number of amides is 1. The van der Waals surface area contributed by atoms with Crippen LogP contribution in [0.2, 0.25) is 0 Å². The van der Waals surface area contributed by atoms with E-state index in [9.17, 15) is 20.0 Å². The van der Waals surface area contributed by atoms with Crippen molar-refractivity contribution in [3.8, 4) is 11.1 Å². The fourth-order valence-corrected chi connectivity index (χ4v) is 6.50. The molecule has 2 fully saturated rings. The predicted octanol–water partition coefficient (Wildman–Crippen LogP) is 7.11. The van der Waals surface area contributed by atoms with Gasteiger partial charge in [0.2, 0.25) is 0 Å². The second kappa shape index (κ2) is 16.1. The van der Waals surface area contributed by atoms with E-state index in [1.54, 1.807) is 24.3 Å². The van der Waals surface area contributed by atoms with Gasteiger partial charge in [0.05, 0.1) is 23.7 Å². The Hall–Kier alpha value is -3.74. The Labute approximate surface area is 305 Å². The number of nitrogens with one attached hydrogen (secondary N) is 1. The largest absolute Gasteiger partial charge is 0.392 e. The molecule has 0 saturated carbocycles. The van der Waals surface area contributed by atoms with Gasteiger partial charge in [0.1, 0.15) is 0 Å². The molecular weight excluding hydrogens is 703 g/mol. The number of anilines is 1. The maximum atomic E-state index is 12.1. The minimum atomic E-state index is -2.04. The lowest BCUT2D eigenvalue weighted by Gasteiger charge is -2.41. The Kier molecular flexibility index (Phi) is 11.6. The first kappa shape index (κ1) is 36.1. The van der Waals surface area contributed by atoms with Crippen LogP contribution >= 0.6 is 34.8 Å². The monoisotopic (exact) mass is 738 g/mol. The minimum absolute atomic E-state index is 0.0285. The summed E-state index contributed by atoms with van der Waals surface area (Å²) in [5, 5.41) is 23.3. The summed E-state index contributed by atoms with van der Waals surface area (Å²) >= 11 is 17.1. The Morgan fingerprint density at radius 2 is 1.54 bits per heavy atom. The van der Waals surface area contributed by atoms with Crippen molar-refractivity contribution in [1.29, 1.82) is 0 Å². The van der Waals surface area contributed by atoms with Crippen LogP contribution in [-0.4, -0.2) is 63.5 Å².